The van der Waals surface area contributed by atoms with Crippen LogP contribution in [0.2, 0.25) is 0 Å². The van der Waals surface area contributed by atoms with Gasteiger partial charge in [-0.05, 0) is 180 Å². The average molecular weight is 1560 g/mol. The number of pyridine rings is 2. The maximum atomic E-state index is 12.3. The van der Waals surface area contributed by atoms with Gasteiger partial charge in [-0.25, -0.2) is 14.4 Å². The van der Waals surface area contributed by atoms with E-state index in [9.17, 15) is 34.6 Å². The molecule has 2 saturated heterocycles. The molecule has 2 atom stereocenters. The summed E-state index contributed by atoms with van der Waals surface area (Å²) in [7, 11) is -1.45. The predicted molar refractivity (Wildman–Crippen MR) is 328 cm³/mol. The third-order valence-electron chi connectivity index (χ3n) is 11.3. The number of nitro groups is 2. The first-order chi connectivity index (χ1) is 41.9. The predicted octanol–water partition coefficient (Wildman–Crippen LogP) is 13.8. The molecule has 7 N–H and O–H groups in total. The number of hydrogen-bond donors (Lipinski definition) is 5. The van der Waals surface area contributed by atoms with Crippen molar-refractivity contribution < 1.29 is 123 Å². The van der Waals surface area contributed by atoms with Crippen molar-refractivity contribution in [2.75, 3.05) is 24.6 Å². The molecule has 8 rings (SSSR count). The number of nitro benzene ring substituents is 2. The number of nitrogens with two attached hydrogens (primary N) is 2. The molecule has 2 aromatic heterocycles. The fourth-order valence-electron chi connectivity index (χ4n) is 7.49. The van der Waals surface area contributed by atoms with Gasteiger partial charge >= 0.3 is 50.8 Å². The number of anilines is 2. The molecule has 2 aliphatic heterocycles. The number of hydrogen-bond acceptors (Lipinski definition) is 20. The van der Waals surface area contributed by atoms with Gasteiger partial charge in [0.2, 0.25) is 0 Å². The summed E-state index contributed by atoms with van der Waals surface area (Å²) in [5.41, 5.74) is 16.8. The van der Waals surface area contributed by atoms with Gasteiger partial charge < -0.3 is 50.7 Å². The number of halogens is 5. The molecule has 1 amide bonds. The smallest absolute Gasteiger partial charge is 0 e. The summed E-state index contributed by atoms with van der Waals surface area (Å²) in [4.78, 5) is 63.8. The number of carbonyl (C=O) groups is 3. The Morgan fingerprint density at radius 3 is 1.44 bits per heavy atom. The molecule has 2 aliphatic rings. The van der Waals surface area contributed by atoms with Crippen molar-refractivity contribution in [2.45, 2.75) is 137 Å². The van der Waals surface area contributed by atoms with E-state index in [0.717, 1.165) is 66.1 Å². The van der Waals surface area contributed by atoms with Gasteiger partial charge in [0.15, 0.2) is 0 Å². The number of amides is 1. The molecule has 91 heavy (non-hydrogen) atoms. The standard InChI is InChI=1S/C16H24N2O2.C11H8N2O2.C11H16N2.C10H18O5.C7H7NO2.C5H6BNO2.2F2.FH.2O.Pd.Pt.H2/c1-16(2,3)20-15(19)18-11-5-4-6-14(18)12-7-9-13(17)10-8-12;14-13(15)10-6-4-9(5-7-10)11-3-1-2-8-12-11;12-10-6-4-9(5-7-10)11-3-1-2-8-13-11;1-9(2,3)14-7(11)13-8(12)15-10(4,5)6;1-6-2-4-7(5-3-6)8(9)10;8-6(9)5-3-1-2-4-7-5;2*1-2;;;;;;/h7-10,14H,4-6,11,17H2,1-3H3;1-8H;4-7,11,13H,1-3,8,12H2;1-6H3;2-5H,1H3;1-4,8-9H;;;1H;;;;;1H. The van der Waals surface area contributed by atoms with Crippen LogP contribution in [0, 0.1) is 27.2 Å². The van der Waals surface area contributed by atoms with E-state index in [0.29, 0.717) is 6.04 Å². The van der Waals surface area contributed by atoms with E-state index in [1.165, 1.54) is 55.3 Å². The Balaban J connectivity index is -0.000000499. The van der Waals surface area contributed by atoms with Gasteiger partial charge in [0.25, 0.3) is 11.4 Å². The first kappa shape index (κ1) is 87.3. The number of carbonyl (C=O) groups excluding carboxylic acids is 3. The molecule has 6 aromatic rings. The van der Waals surface area contributed by atoms with Crippen LogP contribution in [-0.4, -0.2) is 90.2 Å². The summed E-state index contributed by atoms with van der Waals surface area (Å²) in [5, 5.41) is 41.1. The number of aromatic nitrogens is 2. The van der Waals surface area contributed by atoms with E-state index in [1.807, 2.05) is 87.2 Å². The van der Waals surface area contributed by atoms with E-state index in [2.05, 4.69) is 32.2 Å². The van der Waals surface area contributed by atoms with Gasteiger partial charge in [-0.15, -0.1) is 0 Å². The topological polar surface area (TPSA) is 342 Å². The van der Waals surface area contributed by atoms with Crippen LogP contribution < -0.4 is 22.4 Å². The fourth-order valence-corrected chi connectivity index (χ4v) is 7.49. The van der Waals surface area contributed by atoms with Crippen LogP contribution in [0.5, 0.6) is 0 Å². The fraction of sp³-hybridized carbons (Fsp3) is 0.383. The Morgan fingerprint density at radius 1 is 0.637 bits per heavy atom. The van der Waals surface area contributed by atoms with Crippen molar-refractivity contribution in [3.05, 3.63) is 183 Å². The maximum absolute atomic E-state index is 12.3. The molecule has 2 fully saturated rings. The molecule has 23 nitrogen and oxygen atoms in total. The van der Waals surface area contributed by atoms with Gasteiger partial charge in [-0.2, -0.15) is 0 Å². The minimum absolute atomic E-state index is 0. The minimum atomic E-state index is -1.92. The van der Waals surface area contributed by atoms with Crippen molar-refractivity contribution in [2.24, 2.45) is 0 Å². The minimum Gasteiger partial charge on any atom is 0 e. The van der Waals surface area contributed by atoms with Gasteiger partial charge in [0, 0.05) is 106 Å². The Kier molecular flexibility index (Phi) is 45.2. The molecular weight excluding hydrogens is 1480 g/mol. The second-order valence-corrected chi connectivity index (χ2v) is 22.2. The number of nitrogens with zero attached hydrogens (tertiary/aromatic N) is 5. The van der Waals surface area contributed by atoms with Gasteiger partial charge in [-0.3, -0.25) is 34.9 Å². The van der Waals surface area contributed by atoms with Crippen molar-refractivity contribution in [3.63, 3.8) is 0 Å². The maximum Gasteiger partial charge on any atom is 0 e. The number of aryl methyl sites for hydroxylation is 1. The molecule has 4 aromatic carbocycles. The zero-order valence-electron chi connectivity index (χ0n) is 51.9. The summed E-state index contributed by atoms with van der Waals surface area (Å²) in [6.45, 7) is 19.5. The quantitative estimate of drug-likeness (QED) is 0.0151. The van der Waals surface area contributed by atoms with Gasteiger partial charge in [0.1, 0.15) is 16.8 Å². The van der Waals surface area contributed by atoms with Crippen LogP contribution in [-0.2, 0) is 64.7 Å². The van der Waals surface area contributed by atoms with Crippen LogP contribution in [0.1, 0.15) is 131 Å². The SMILES string of the molecule is CC(C)(C)OC(=O)N1CCCCC1c1ccc(N)cc1.CC(C)(C)OC(=O)OC(=O)OC(C)(C)C.Cc1ccc([N+](=O)[O-])cc1.F.FF.FF.Nc1ccc(C2CCCCN2)cc1.O=[N+]([O-])c1ccc(-c2ccccn2)cc1.OB(O)c1ccccn1.[HH].[O]=[Pt]=[O].[Pd]. The van der Waals surface area contributed by atoms with Crippen molar-refractivity contribution in [1.29, 1.82) is 0 Å². The van der Waals surface area contributed by atoms with E-state index in [4.69, 9.17) is 60.8 Å². The zero-order chi connectivity index (χ0) is 67.8. The van der Waals surface area contributed by atoms with Crippen LogP contribution in [0.3, 0.4) is 0 Å². The monoisotopic (exact) mass is 1560 g/mol. The van der Waals surface area contributed by atoms with E-state index >= 15 is 0 Å². The molecule has 31 heteroatoms. The largest absolute Gasteiger partial charge is 0 e. The van der Waals surface area contributed by atoms with Crippen LogP contribution >= 0.6 is 0 Å². The number of ether oxygens (including phenoxy) is 4. The Hall–Kier alpha value is -7.86. The van der Waals surface area contributed by atoms with Gasteiger partial charge in [0.05, 0.1) is 27.2 Å². The normalized spacial score (nSPS) is 13.5. The summed E-state index contributed by atoms with van der Waals surface area (Å²) in [5.74, 6) is 0. The summed E-state index contributed by atoms with van der Waals surface area (Å²) >= 11 is -1.92. The summed E-state index contributed by atoms with van der Waals surface area (Å²) < 4.78 is 68.3. The molecule has 0 aliphatic carbocycles. The number of rotatable bonds is 6. The number of nitrogen functional groups attached to an aromatic ring is 2. The van der Waals surface area contributed by atoms with E-state index in [-0.39, 0.29) is 55.7 Å². The molecule has 510 valence electrons. The molecule has 0 bridgehead atoms. The first-order valence-corrected chi connectivity index (χ1v) is 29.1. The number of likely N-dealkylation sites (tertiary alicyclic amines) is 1. The van der Waals surface area contributed by atoms with Crippen molar-refractivity contribution in [1.82, 2.24) is 20.2 Å². The van der Waals surface area contributed by atoms with E-state index in [1.54, 1.807) is 90.2 Å². The van der Waals surface area contributed by atoms with Crippen LogP contribution in [0.25, 0.3) is 11.3 Å². The van der Waals surface area contributed by atoms with Crippen molar-refractivity contribution >= 4 is 53.9 Å². The average Bonchev–Trinajstić information content (AvgIpc) is 0.867. The zero-order valence-corrected chi connectivity index (χ0v) is 55.7. The molecule has 2 unspecified atom stereocenters. The third kappa shape index (κ3) is 40.5. The molecular formula is C60H82BF5N8O15PdPt. The molecule has 4 heterocycles. The third-order valence-corrected chi connectivity index (χ3v) is 11.3. The van der Waals surface area contributed by atoms with E-state index < -0.39 is 64.6 Å². The number of benzene rings is 4. The van der Waals surface area contributed by atoms with Crippen molar-refractivity contribution in [3.8, 4) is 11.3 Å². The molecule has 0 spiro atoms. The van der Waals surface area contributed by atoms with Crippen LogP contribution in [0.15, 0.2) is 146 Å². The summed E-state index contributed by atoms with van der Waals surface area (Å²) in [6.07, 6.45) is 7.90. The second-order valence-electron chi connectivity index (χ2n) is 21.8. The van der Waals surface area contributed by atoms with Gasteiger partial charge in [-0.1, -0.05) is 60.5 Å². The molecule has 0 saturated carbocycles. The second kappa shape index (κ2) is 47.1. The number of non-ortho nitro benzene ring substituents is 2. The molecule has 0 radical (unpaired) electrons. The number of piperidine rings is 2. The number of nitrogens with one attached hydrogen (secondary N) is 1. The first-order valence-electron chi connectivity index (χ1n) is 27.3. The Bertz CT molecular complexity index is 2990. The Labute approximate surface area is 549 Å². The Morgan fingerprint density at radius 2 is 1.07 bits per heavy atom. The summed E-state index contributed by atoms with van der Waals surface area (Å²) in [6, 6.07) is 39.9. The van der Waals surface area contributed by atoms with Crippen LogP contribution in [0.4, 0.5) is 60.1 Å².